The van der Waals surface area contributed by atoms with E-state index in [0.717, 1.165) is 16.7 Å². The lowest BCUT2D eigenvalue weighted by atomic mass is 10.1. The van der Waals surface area contributed by atoms with Crippen molar-refractivity contribution in [2.45, 2.75) is 18.7 Å². The molecule has 3 aromatic rings. The number of carbonyl (C=O) groups excluding carboxylic acids is 1. The lowest BCUT2D eigenvalue weighted by molar-refractivity contribution is -0.114. The van der Waals surface area contributed by atoms with E-state index in [9.17, 15) is 13.2 Å². The van der Waals surface area contributed by atoms with Crippen LogP contribution in [0.3, 0.4) is 0 Å². The third-order valence-electron chi connectivity index (χ3n) is 5.46. The molecule has 0 radical (unpaired) electrons. The van der Waals surface area contributed by atoms with Crippen molar-refractivity contribution in [2.75, 3.05) is 0 Å². The molecule has 1 N–H and O–H groups in total. The van der Waals surface area contributed by atoms with Crippen LogP contribution in [-0.4, -0.2) is 35.4 Å². The molecule has 0 fully saturated rings. The largest absolute Gasteiger partial charge is 0.379 e. The van der Waals surface area contributed by atoms with Gasteiger partial charge in [0.15, 0.2) is 5.84 Å². The highest BCUT2D eigenvalue weighted by Crippen LogP contribution is 2.31. The number of nitrogens with zero attached hydrogens (tertiary/aromatic N) is 3. The molecule has 0 atom stereocenters. The summed E-state index contributed by atoms with van der Waals surface area (Å²) in [5.74, 6) is -0.491. The molecule has 0 saturated carbocycles. The van der Waals surface area contributed by atoms with Crippen LogP contribution in [0.2, 0.25) is 0 Å². The average Bonchev–Trinajstić information content (AvgIpc) is 3.27. The third kappa shape index (κ3) is 4.73. The van der Waals surface area contributed by atoms with Gasteiger partial charge in [-0.3, -0.25) is 10.2 Å². The van der Waals surface area contributed by atoms with Crippen LogP contribution in [0.15, 0.2) is 93.4 Å². The van der Waals surface area contributed by atoms with E-state index >= 15 is 0 Å². The summed E-state index contributed by atoms with van der Waals surface area (Å²) in [5, 5.41) is 15.4. The van der Waals surface area contributed by atoms with Crippen molar-refractivity contribution in [1.82, 2.24) is 5.01 Å². The summed E-state index contributed by atoms with van der Waals surface area (Å²) in [6.07, 6.45) is 1.52. The molecule has 2 aliphatic heterocycles. The molecule has 0 spiro atoms. The Morgan fingerprint density at radius 2 is 1.53 bits per heavy atom. The second kappa shape index (κ2) is 9.21. The number of amides is 1. The van der Waals surface area contributed by atoms with Crippen molar-refractivity contribution >= 4 is 49.9 Å². The highest BCUT2D eigenvalue weighted by molar-refractivity contribution is 8.27. The zero-order valence-electron chi connectivity index (χ0n) is 19.3. The molecule has 180 valence electrons. The first kappa shape index (κ1) is 23.7. The van der Waals surface area contributed by atoms with Gasteiger partial charge in [-0.25, -0.2) is 0 Å². The standard InChI is InChI=1S/C26H20N4O4S2/c1-16-3-9-19(10-4-16)25-29-30-23(27)22(24(31)28-26(30)35-25)15-18-7-11-20(12-8-18)34-36(32,33)21-13-5-17(2)6-14-21/h3-15,27H,1-2H3/b22-15+,27-23?. The number of benzene rings is 3. The Balaban J connectivity index is 1.35. The van der Waals surface area contributed by atoms with Gasteiger partial charge in [-0.1, -0.05) is 59.7 Å². The Morgan fingerprint density at radius 3 is 2.17 bits per heavy atom. The molecule has 1 amide bonds. The first-order valence-corrected chi connectivity index (χ1v) is 13.1. The predicted octanol–water partition coefficient (Wildman–Crippen LogP) is 4.74. The van der Waals surface area contributed by atoms with Gasteiger partial charge in [0, 0.05) is 5.56 Å². The normalized spacial score (nSPS) is 16.6. The molecule has 2 heterocycles. The molecule has 3 aromatic carbocycles. The predicted molar refractivity (Wildman–Crippen MR) is 141 cm³/mol. The Bertz CT molecular complexity index is 1570. The summed E-state index contributed by atoms with van der Waals surface area (Å²) in [5.41, 5.74) is 3.60. The van der Waals surface area contributed by atoms with E-state index in [1.54, 1.807) is 24.3 Å². The second-order valence-electron chi connectivity index (χ2n) is 8.21. The van der Waals surface area contributed by atoms with Crippen LogP contribution in [0.25, 0.3) is 6.08 Å². The molecule has 0 saturated heterocycles. The number of aryl methyl sites for hydroxylation is 2. The highest BCUT2D eigenvalue weighted by Gasteiger charge is 2.36. The number of rotatable bonds is 5. The smallest absolute Gasteiger partial charge is 0.339 e. The molecule has 0 aromatic heterocycles. The number of hydrazone groups is 1. The Labute approximate surface area is 212 Å². The first-order chi connectivity index (χ1) is 17.2. The monoisotopic (exact) mass is 516 g/mol. The maximum Gasteiger partial charge on any atom is 0.339 e. The Morgan fingerprint density at radius 1 is 0.917 bits per heavy atom. The lowest BCUT2D eigenvalue weighted by Crippen LogP contribution is -2.35. The molecule has 5 rings (SSSR count). The molecular weight excluding hydrogens is 496 g/mol. The topological polar surface area (TPSA) is 112 Å². The number of amidine groups is 2. The molecule has 0 aliphatic carbocycles. The number of carbonyl (C=O) groups is 1. The Kier molecular flexibility index (Phi) is 6.07. The van der Waals surface area contributed by atoms with E-state index in [4.69, 9.17) is 9.59 Å². The SMILES string of the molecule is Cc1ccc(C2=NN3C(=N)/C(=C\c4ccc(OS(=O)(=O)c5ccc(C)cc5)cc4)C(=O)N=C3S2)cc1. The summed E-state index contributed by atoms with van der Waals surface area (Å²) >= 11 is 1.24. The van der Waals surface area contributed by atoms with E-state index in [1.807, 2.05) is 38.1 Å². The summed E-state index contributed by atoms with van der Waals surface area (Å²) in [4.78, 5) is 16.9. The maximum atomic E-state index is 12.7. The van der Waals surface area contributed by atoms with Crippen molar-refractivity contribution in [3.8, 4) is 5.75 Å². The number of thioether (sulfide) groups is 1. The average molecular weight is 517 g/mol. The minimum Gasteiger partial charge on any atom is -0.379 e. The zero-order valence-corrected chi connectivity index (χ0v) is 20.9. The van der Waals surface area contributed by atoms with Crippen LogP contribution in [-0.2, 0) is 14.9 Å². The van der Waals surface area contributed by atoms with Crippen LogP contribution >= 0.6 is 11.8 Å². The number of hydrogen-bond donors (Lipinski definition) is 1. The van der Waals surface area contributed by atoms with Gasteiger partial charge in [0.2, 0.25) is 5.17 Å². The van der Waals surface area contributed by atoms with Crippen LogP contribution in [0.5, 0.6) is 5.75 Å². The van der Waals surface area contributed by atoms with Gasteiger partial charge in [0.1, 0.15) is 15.7 Å². The molecule has 0 unspecified atom stereocenters. The van der Waals surface area contributed by atoms with Gasteiger partial charge in [0.05, 0.1) is 5.57 Å². The highest BCUT2D eigenvalue weighted by atomic mass is 32.2. The minimum absolute atomic E-state index is 0.0586. The van der Waals surface area contributed by atoms with Gasteiger partial charge < -0.3 is 4.18 Å². The number of nitrogens with one attached hydrogen (secondary N) is 1. The van der Waals surface area contributed by atoms with Gasteiger partial charge in [-0.05, 0) is 61.5 Å². The van der Waals surface area contributed by atoms with Crippen molar-refractivity contribution in [3.05, 3.63) is 101 Å². The molecule has 36 heavy (non-hydrogen) atoms. The molecule has 0 bridgehead atoms. The summed E-state index contributed by atoms with van der Waals surface area (Å²) < 4.78 is 30.2. The minimum atomic E-state index is -3.97. The molecular formula is C26H20N4O4S2. The van der Waals surface area contributed by atoms with Crippen LogP contribution < -0.4 is 4.18 Å². The van der Waals surface area contributed by atoms with Gasteiger partial charge >= 0.3 is 10.1 Å². The van der Waals surface area contributed by atoms with E-state index < -0.39 is 16.0 Å². The third-order valence-corrected chi connectivity index (χ3v) is 7.68. The molecule has 10 heteroatoms. The van der Waals surface area contributed by atoms with Gasteiger partial charge in [-0.2, -0.15) is 23.5 Å². The zero-order chi connectivity index (χ0) is 25.4. The fourth-order valence-electron chi connectivity index (χ4n) is 3.47. The van der Waals surface area contributed by atoms with E-state index in [0.29, 0.717) is 15.8 Å². The van der Waals surface area contributed by atoms with E-state index in [-0.39, 0.29) is 22.1 Å². The first-order valence-electron chi connectivity index (χ1n) is 10.9. The maximum absolute atomic E-state index is 12.7. The molecule has 2 aliphatic rings. The Hall–Kier alpha value is -4.02. The number of fused-ring (bicyclic) bond motifs is 1. The second-order valence-corrected chi connectivity index (χ2v) is 10.7. The number of hydrogen-bond acceptors (Lipinski definition) is 7. The van der Waals surface area contributed by atoms with E-state index in [1.165, 1.54) is 47.1 Å². The fraction of sp³-hybridized carbons (Fsp3) is 0.0769. The van der Waals surface area contributed by atoms with E-state index in [2.05, 4.69) is 10.1 Å². The van der Waals surface area contributed by atoms with Gasteiger partial charge in [0.25, 0.3) is 5.91 Å². The van der Waals surface area contributed by atoms with Crippen LogP contribution in [0, 0.1) is 19.3 Å². The van der Waals surface area contributed by atoms with Crippen molar-refractivity contribution < 1.29 is 17.4 Å². The summed E-state index contributed by atoms with van der Waals surface area (Å²) in [6.45, 7) is 3.86. The fourth-order valence-corrected chi connectivity index (χ4v) is 5.30. The van der Waals surface area contributed by atoms with Crippen molar-refractivity contribution in [3.63, 3.8) is 0 Å². The summed E-state index contributed by atoms with van der Waals surface area (Å²) in [6, 6.07) is 20.4. The molecule has 8 nitrogen and oxygen atoms in total. The summed E-state index contributed by atoms with van der Waals surface area (Å²) in [7, 11) is -3.97. The quantitative estimate of drug-likeness (QED) is 0.387. The van der Waals surface area contributed by atoms with Gasteiger partial charge in [-0.15, -0.1) is 0 Å². The lowest BCUT2D eigenvalue weighted by Gasteiger charge is -2.20. The van der Waals surface area contributed by atoms with Crippen LogP contribution in [0.1, 0.15) is 22.3 Å². The number of aliphatic imine (C=N–C) groups is 1. The van der Waals surface area contributed by atoms with Crippen molar-refractivity contribution in [2.24, 2.45) is 10.1 Å². The van der Waals surface area contributed by atoms with Crippen molar-refractivity contribution in [1.29, 1.82) is 5.41 Å². The van der Waals surface area contributed by atoms with Crippen LogP contribution in [0.4, 0.5) is 0 Å².